The van der Waals surface area contributed by atoms with Gasteiger partial charge in [0.25, 0.3) is 0 Å². The lowest BCUT2D eigenvalue weighted by molar-refractivity contribution is -0.151. The van der Waals surface area contributed by atoms with Crippen molar-refractivity contribution in [2.45, 2.75) is 96.3 Å². The first kappa shape index (κ1) is 28.9. The van der Waals surface area contributed by atoms with Crippen LogP contribution in [0.4, 0.5) is 0 Å². The quantitative estimate of drug-likeness (QED) is 0.192. The summed E-state index contributed by atoms with van der Waals surface area (Å²) >= 11 is 0. The molecule has 4 atom stereocenters. The van der Waals surface area contributed by atoms with Crippen molar-refractivity contribution in [3.63, 3.8) is 0 Å². The molecule has 10 heteroatoms. The molecule has 0 saturated carbocycles. The number of hydrogen-bond acceptors (Lipinski definition) is 9. The Morgan fingerprint density at radius 3 is 2.44 bits per heavy atom. The number of ether oxygens (including phenoxy) is 6. The molecule has 1 N–H and O–H groups in total. The van der Waals surface area contributed by atoms with Crippen molar-refractivity contribution >= 4 is 14.3 Å². The third kappa shape index (κ3) is 6.41. The van der Waals surface area contributed by atoms with E-state index in [1.807, 2.05) is 20.8 Å². The maximum atomic E-state index is 12.8. The minimum atomic E-state index is -2.01. The first-order valence-corrected chi connectivity index (χ1v) is 15.4. The van der Waals surface area contributed by atoms with E-state index >= 15 is 0 Å². The highest BCUT2D eigenvalue weighted by Gasteiger charge is 2.47. The highest BCUT2D eigenvalue weighted by atomic mass is 28.4. The largest absolute Gasteiger partial charge is 0.497 e. The molecule has 36 heavy (non-hydrogen) atoms. The zero-order valence-corrected chi connectivity index (χ0v) is 24.0. The van der Waals surface area contributed by atoms with E-state index in [-0.39, 0.29) is 29.9 Å². The summed E-state index contributed by atoms with van der Waals surface area (Å²) < 4.78 is 40.6. The van der Waals surface area contributed by atoms with Crippen LogP contribution in [0.2, 0.25) is 18.1 Å². The second-order valence-corrected chi connectivity index (χ2v) is 16.1. The van der Waals surface area contributed by atoms with Gasteiger partial charge in [0.1, 0.15) is 23.2 Å². The van der Waals surface area contributed by atoms with Crippen LogP contribution in [-0.2, 0) is 23.4 Å². The van der Waals surface area contributed by atoms with Gasteiger partial charge in [-0.25, -0.2) is 4.79 Å². The second kappa shape index (κ2) is 11.0. The Morgan fingerprint density at radius 2 is 1.83 bits per heavy atom. The lowest BCUT2D eigenvalue weighted by atomic mass is 9.96. The van der Waals surface area contributed by atoms with Crippen molar-refractivity contribution in [2.24, 2.45) is 0 Å². The van der Waals surface area contributed by atoms with Gasteiger partial charge in [-0.05, 0) is 45.0 Å². The van der Waals surface area contributed by atoms with Crippen LogP contribution in [0.1, 0.15) is 70.0 Å². The fourth-order valence-electron chi connectivity index (χ4n) is 4.12. The zero-order valence-electron chi connectivity index (χ0n) is 23.0. The maximum absolute atomic E-state index is 12.8. The van der Waals surface area contributed by atoms with E-state index in [0.29, 0.717) is 30.3 Å². The van der Waals surface area contributed by atoms with E-state index < -0.39 is 38.4 Å². The Morgan fingerprint density at radius 1 is 1.17 bits per heavy atom. The molecule has 1 fully saturated rings. The first-order valence-electron chi connectivity index (χ1n) is 12.5. The standard InChI is InChI=1S/C26H42O9Si/c1-10-30-15-31-20-12-16(29-7)11-17-22(20)24(28)33-23(17)18(27)13-19-21(35-26(5,6)34-19)14-32-36(8,9)25(2,3)4/h11-12,18-19,21,23,27H,10,13-15H2,1-9H3/t18-,19+,21-,23+/m1/s1. The van der Waals surface area contributed by atoms with Crippen molar-refractivity contribution in [3.8, 4) is 11.5 Å². The molecule has 3 rings (SSSR count). The van der Waals surface area contributed by atoms with Gasteiger partial charge in [-0.15, -0.1) is 0 Å². The van der Waals surface area contributed by atoms with Crippen LogP contribution in [0.15, 0.2) is 12.1 Å². The maximum Gasteiger partial charge on any atom is 0.343 e. The molecule has 1 aromatic rings. The van der Waals surface area contributed by atoms with E-state index in [9.17, 15) is 9.90 Å². The molecule has 0 unspecified atom stereocenters. The molecule has 0 radical (unpaired) electrons. The predicted molar refractivity (Wildman–Crippen MR) is 136 cm³/mol. The van der Waals surface area contributed by atoms with Gasteiger partial charge in [0.05, 0.1) is 25.9 Å². The first-order chi connectivity index (χ1) is 16.7. The Balaban J connectivity index is 1.78. The smallest absolute Gasteiger partial charge is 0.343 e. The van der Waals surface area contributed by atoms with E-state index in [1.54, 1.807) is 12.1 Å². The SMILES string of the molecule is CCOCOc1cc(OC)cc2c1C(=O)O[C@@H]2[C@H](O)C[C@@H]1OC(C)(C)O[C@@H]1CO[Si](C)(C)C(C)(C)C. The molecular weight excluding hydrogens is 484 g/mol. The molecule has 0 aromatic heterocycles. The molecule has 2 heterocycles. The fraction of sp³-hybridized carbons (Fsp3) is 0.731. The molecule has 1 saturated heterocycles. The van der Waals surface area contributed by atoms with Gasteiger partial charge >= 0.3 is 5.97 Å². The van der Waals surface area contributed by atoms with Crippen LogP contribution < -0.4 is 9.47 Å². The lowest BCUT2D eigenvalue weighted by Crippen LogP contribution is -2.44. The Kier molecular flexibility index (Phi) is 8.79. The molecular formula is C26H42O9Si. The molecule has 0 spiro atoms. The van der Waals surface area contributed by atoms with Gasteiger partial charge in [-0.2, -0.15) is 0 Å². The number of benzene rings is 1. The van der Waals surface area contributed by atoms with Gasteiger partial charge in [0, 0.05) is 24.7 Å². The number of hydrogen-bond donors (Lipinski definition) is 1. The Bertz CT molecular complexity index is 925. The van der Waals surface area contributed by atoms with Crippen LogP contribution in [0.25, 0.3) is 0 Å². The summed E-state index contributed by atoms with van der Waals surface area (Å²) in [5, 5.41) is 11.3. The number of carbonyl (C=O) groups excluding carboxylic acids is 1. The van der Waals surface area contributed by atoms with Crippen molar-refractivity contribution < 1.29 is 42.7 Å². The molecule has 2 aliphatic rings. The van der Waals surface area contributed by atoms with Crippen LogP contribution in [0.5, 0.6) is 11.5 Å². The highest BCUT2D eigenvalue weighted by molar-refractivity contribution is 6.74. The van der Waals surface area contributed by atoms with Gasteiger partial charge < -0.3 is 38.0 Å². The van der Waals surface area contributed by atoms with Gasteiger partial charge in [-0.3, -0.25) is 0 Å². The van der Waals surface area contributed by atoms with E-state index in [0.717, 1.165) is 0 Å². The topological polar surface area (TPSA) is 102 Å². The summed E-state index contributed by atoms with van der Waals surface area (Å²) in [6.07, 6.45) is -2.55. The average molecular weight is 527 g/mol. The monoisotopic (exact) mass is 526 g/mol. The molecule has 1 aromatic carbocycles. The number of fused-ring (bicyclic) bond motifs is 1. The molecule has 9 nitrogen and oxygen atoms in total. The number of carbonyl (C=O) groups is 1. The third-order valence-electron chi connectivity index (χ3n) is 7.11. The van der Waals surface area contributed by atoms with E-state index in [2.05, 4.69) is 33.9 Å². The minimum Gasteiger partial charge on any atom is -0.497 e. The van der Waals surface area contributed by atoms with Crippen LogP contribution in [-0.4, -0.2) is 70.6 Å². The van der Waals surface area contributed by atoms with Gasteiger partial charge in [0.15, 0.2) is 27.0 Å². The second-order valence-electron chi connectivity index (χ2n) is 11.3. The number of cyclic esters (lactones) is 1. The van der Waals surface area contributed by atoms with Crippen molar-refractivity contribution in [1.29, 1.82) is 0 Å². The Labute approximate surface area is 215 Å². The van der Waals surface area contributed by atoms with E-state index in [1.165, 1.54) is 7.11 Å². The number of aliphatic hydroxyl groups excluding tert-OH is 1. The summed E-state index contributed by atoms with van der Waals surface area (Å²) in [4.78, 5) is 12.8. The normalized spacial score (nSPS) is 24.4. The summed E-state index contributed by atoms with van der Waals surface area (Å²) in [5.41, 5.74) is 0.770. The van der Waals surface area contributed by atoms with Crippen LogP contribution in [0.3, 0.4) is 0 Å². The van der Waals surface area contributed by atoms with Crippen LogP contribution in [0, 0.1) is 0 Å². The van der Waals surface area contributed by atoms with Crippen LogP contribution >= 0.6 is 0 Å². The molecule has 204 valence electrons. The molecule has 0 aliphatic carbocycles. The van der Waals surface area contributed by atoms with Crippen molar-refractivity contribution in [3.05, 3.63) is 23.3 Å². The van der Waals surface area contributed by atoms with Gasteiger partial charge in [-0.1, -0.05) is 20.8 Å². The van der Waals surface area contributed by atoms with E-state index in [4.69, 9.17) is 32.8 Å². The summed E-state index contributed by atoms with van der Waals surface area (Å²) in [6, 6.07) is 3.30. The molecule has 0 bridgehead atoms. The number of aliphatic hydroxyl groups is 1. The highest BCUT2D eigenvalue weighted by Crippen LogP contribution is 2.43. The fourth-order valence-corrected chi connectivity index (χ4v) is 5.13. The predicted octanol–water partition coefficient (Wildman–Crippen LogP) is 4.57. The zero-order chi connectivity index (χ0) is 26.9. The Hall–Kier alpha value is -1.69. The summed E-state index contributed by atoms with van der Waals surface area (Å²) in [6.45, 7) is 17.3. The summed E-state index contributed by atoms with van der Waals surface area (Å²) in [7, 11) is -0.483. The lowest BCUT2D eigenvalue weighted by Gasteiger charge is -2.37. The molecule has 0 amide bonds. The number of rotatable bonds is 11. The van der Waals surface area contributed by atoms with Crippen molar-refractivity contribution in [1.82, 2.24) is 0 Å². The summed E-state index contributed by atoms with van der Waals surface area (Å²) in [5.74, 6) is -0.609. The number of methoxy groups -OCH3 is 1. The average Bonchev–Trinajstić information content (AvgIpc) is 3.26. The van der Waals surface area contributed by atoms with Gasteiger partial charge in [0.2, 0.25) is 0 Å². The third-order valence-corrected chi connectivity index (χ3v) is 11.6. The molecule has 2 aliphatic heterocycles. The van der Waals surface area contributed by atoms with Crippen molar-refractivity contribution in [2.75, 3.05) is 27.1 Å². The number of esters is 1. The minimum absolute atomic E-state index is 0.0190.